The minimum absolute atomic E-state index is 0.198. The number of piperidine rings is 1. The SMILES string of the molecule is Oc1ccc(/C=C/c2nc(-c3ccccc3O)n(CN3CCCCC3)n2)cc1. The van der Waals surface area contributed by atoms with Crippen LogP contribution in [0.2, 0.25) is 0 Å². The lowest BCUT2D eigenvalue weighted by molar-refractivity contribution is 0.174. The third-order valence-corrected chi connectivity index (χ3v) is 4.93. The standard InChI is InChI=1S/C22H24N4O2/c27-18-11-8-17(9-12-18)10-13-21-23-22(19-6-2-3-7-20(19)28)26(24-21)16-25-14-4-1-5-15-25/h2-3,6-13,27-28H,1,4-5,14-16H2/b13-10+. The smallest absolute Gasteiger partial charge is 0.174 e. The summed E-state index contributed by atoms with van der Waals surface area (Å²) in [7, 11) is 0. The highest BCUT2D eigenvalue weighted by molar-refractivity contribution is 5.69. The molecule has 1 aromatic heterocycles. The maximum absolute atomic E-state index is 10.3. The number of phenolic OH excluding ortho intramolecular Hbond substituents is 2. The quantitative estimate of drug-likeness (QED) is 0.705. The molecule has 0 saturated carbocycles. The van der Waals surface area contributed by atoms with Crippen LogP contribution in [-0.4, -0.2) is 43.0 Å². The fourth-order valence-electron chi connectivity index (χ4n) is 3.44. The molecule has 0 spiro atoms. The van der Waals surface area contributed by atoms with Crippen molar-refractivity contribution in [1.82, 2.24) is 19.7 Å². The second-order valence-corrected chi connectivity index (χ2v) is 7.06. The molecule has 0 atom stereocenters. The van der Waals surface area contributed by atoms with Crippen molar-refractivity contribution in [1.29, 1.82) is 0 Å². The molecular formula is C22H24N4O2. The van der Waals surface area contributed by atoms with Gasteiger partial charge in [-0.05, 0) is 61.8 Å². The summed E-state index contributed by atoms with van der Waals surface area (Å²) in [5.74, 6) is 1.68. The van der Waals surface area contributed by atoms with Crippen LogP contribution in [0.25, 0.3) is 23.5 Å². The Morgan fingerprint density at radius 2 is 1.64 bits per heavy atom. The van der Waals surface area contributed by atoms with Crippen LogP contribution in [0.5, 0.6) is 11.5 Å². The molecule has 1 aliphatic heterocycles. The van der Waals surface area contributed by atoms with Gasteiger partial charge in [0.05, 0.1) is 12.2 Å². The van der Waals surface area contributed by atoms with E-state index in [1.807, 2.05) is 41.1 Å². The Morgan fingerprint density at radius 3 is 2.39 bits per heavy atom. The van der Waals surface area contributed by atoms with Gasteiger partial charge in [-0.3, -0.25) is 4.90 Å². The fraction of sp³-hybridized carbons (Fsp3) is 0.273. The number of aromatic nitrogens is 3. The van der Waals surface area contributed by atoms with E-state index >= 15 is 0 Å². The summed E-state index contributed by atoms with van der Waals surface area (Å²) in [4.78, 5) is 7.04. The van der Waals surface area contributed by atoms with Gasteiger partial charge in [-0.2, -0.15) is 0 Å². The Morgan fingerprint density at radius 1 is 0.893 bits per heavy atom. The molecule has 144 valence electrons. The largest absolute Gasteiger partial charge is 0.508 e. The summed E-state index contributed by atoms with van der Waals surface area (Å²) >= 11 is 0. The van der Waals surface area contributed by atoms with Crippen molar-refractivity contribution in [2.75, 3.05) is 13.1 Å². The number of benzene rings is 2. The van der Waals surface area contributed by atoms with Gasteiger partial charge in [0, 0.05) is 0 Å². The first-order valence-electron chi connectivity index (χ1n) is 9.62. The van der Waals surface area contributed by atoms with Gasteiger partial charge < -0.3 is 10.2 Å². The predicted molar refractivity (Wildman–Crippen MR) is 110 cm³/mol. The van der Waals surface area contributed by atoms with Crippen molar-refractivity contribution in [3.05, 3.63) is 59.9 Å². The summed E-state index contributed by atoms with van der Waals surface area (Å²) in [5.41, 5.74) is 1.63. The molecule has 1 fully saturated rings. The van der Waals surface area contributed by atoms with E-state index in [4.69, 9.17) is 0 Å². The van der Waals surface area contributed by atoms with Crippen molar-refractivity contribution in [2.24, 2.45) is 0 Å². The Hall–Kier alpha value is -3.12. The van der Waals surface area contributed by atoms with E-state index in [2.05, 4.69) is 15.0 Å². The number of rotatable bonds is 5. The van der Waals surface area contributed by atoms with Gasteiger partial charge in [-0.1, -0.05) is 36.8 Å². The van der Waals surface area contributed by atoms with E-state index in [1.54, 1.807) is 24.3 Å². The molecule has 3 aromatic rings. The van der Waals surface area contributed by atoms with Crippen molar-refractivity contribution in [2.45, 2.75) is 25.9 Å². The molecule has 28 heavy (non-hydrogen) atoms. The number of hydrogen-bond acceptors (Lipinski definition) is 5. The Balaban J connectivity index is 1.65. The zero-order valence-corrected chi connectivity index (χ0v) is 15.7. The minimum atomic E-state index is 0.198. The molecule has 6 heteroatoms. The first-order chi connectivity index (χ1) is 13.7. The van der Waals surface area contributed by atoms with Crippen LogP contribution in [0.15, 0.2) is 48.5 Å². The number of nitrogens with zero attached hydrogens (tertiary/aromatic N) is 4. The van der Waals surface area contributed by atoms with Crippen molar-refractivity contribution < 1.29 is 10.2 Å². The molecule has 1 aliphatic rings. The lowest BCUT2D eigenvalue weighted by Gasteiger charge is -2.26. The lowest BCUT2D eigenvalue weighted by Crippen LogP contribution is -2.32. The second-order valence-electron chi connectivity index (χ2n) is 7.06. The topological polar surface area (TPSA) is 74.4 Å². The van der Waals surface area contributed by atoms with Gasteiger partial charge in [0.15, 0.2) is 11.6 Å². The number of hydrogen-bond donors (Lipinski definition) is 2. The van der Waals surface area contributed by atoms with E-state index in [9.17, 15) is 10.2 Å². The van der Waals surface area contributed by atoms with Crippen LogP contribution in [0.4, 0.5) is 0 Å². The summed E-state index contributed by atoms with van der Waals surface area (Å²) in [6.45, 7) is 2.77. The Kier molecular flexibility index (Phi) is 5.39. The highest BCUT2D eigenvalue weighted by Gasteiger charge is 2.17. The van der Waals surface area contributed by atoms with Crippen molar-refractivity contribution in [3.8, 4) is 22.9 Å². The summed E-state index contributed by atoms with van der Waals surface area (Å²) in [6.07, 6.45) is 7.44. The van der Waals surface area contributed by atoms with Gasteiger partial charge >= 0.3 is 0 Å². The Labute approximate surface area is 164 Å². The maximum atomic E-state index is 10.3. The number of para-hydroxylation sites is 1. The van der Waals surface area contributed by atoms with Gasteiger partial charge in [-0.15, -0.1) is 5.10 Å². The predicted octanol–water partition coefficient (Wildman–Crippen LogP) is 3.97. The third kappa shape index (κ3) is 4.23. The summed E-state index contributed by atoms with van der Waals surface area (Å²) < 4.78 is 1.87. The van der Waals surface area contributed by atoms with Gasteiger partial charge in [-0.25, -0.2) is 9.67 Å². The average molecular weight is 376 g/mol. The van der Waals surface area contributed by atoms with Crippen LogP contribution in [0.1, 0.15) is 30.7 Å². The molecule has 1 saturated heterocycles. The molecule has 0 radical (unpaired) electrons. The molecule has 0 amide bonds. The van der Waals surface area contributed by atoms with Gasteiger partial charge in [0.1, 0.15) is 11.5 Å². The minimum Gasteiger partial charge on any atom is -0.508 e. The van der Waals surface area contributed by atoms with Gasteiger partial charge in [0.25, 0.3) is 0 Å². The van der Waals surface area contributed by atoms with E-state index in [0.29, 0.717) is 23.9 Å². The molecule has 2 heterocycles. The molecule has 6 nitrogen and oxygen atoms in total. The second kappa shape index (κ2) is 8.27. The number of phenols is 2. The van der Waals surface area contributed by atoms with E-state index in [1.165, 1.54) is 19.3 Å². The molecule has 4 rings (SSSR count). The summed E-state index contributed by atoms with van der Waals surface area (Å²) in [5, 5.41) is 24.4. The van der Waals surface area contributed by atoms with Crippen LogP contribution in [0.3, 0.4) is 0 Å². The van der Waals surface area contributed by atoms with Crippen molar-refractivity contribution in [3.63, 3.8) is 0 Å². The average Bonchev–Trinajstić information content (AvgIpc) is 3.11. The fourth-order valence-corrected chi connectivity index (χ4v) is 3.44. The van der Waals surface area contributed by atoms with Crippen LogP contribution in [-0.2, 0) is 6.67 Å². The highest BCUT2D eigenvalue weighted by atomic mass is 16.3. The first-order valence-corrected chi connectivity index (χ1v) is 9.62. The molecule has 2 aromatic carbocycles. The Bertz CT molecular complexity index is 957. The molecule has 2 N–H and O–H groups in total. The summed E-state index contributed by atoms with van der Waals surface area (Å²) in [6, 6.07) is 14.2. The monoisotopic (exact) mass is 376 g/mol. The zero-order valence-electron chi connectivity index (χ0n) is 15.7. The van der Waals surface area contributed by atoms with E-state index < -0.39 is 0 Å². The first kappa shape index (κ1) is 18.3. The lowest BCUT2D eigenvalue weighted by atomic mass is 10.1. The maximum Gasteiger partial charge on any atom is 0.174 e. The molecule has 0 unspecified atom stereocenters. The number of likely N-dealkylation sites (tertiary alicyclic amines) is 1. The van der Waals surface area contributed by atoms with Crippen LogP contribution < -0.4 is 0 Å². The number of aromatic hydroxyl groups is 2. The normalized spacial score (nSPS) is 15.3. The highest BCUT2D eigenvalue weighted by Crippen LogP contribution is 2.28. The molecule has 0 bridgehead atoms. The molecule has 0 aliphatic carbocycles. The van der Waals surface area contributed by atoms with E-state index in [0.717, 1.165) is 18.7 Å². The third-order valence-electron chi connectivity index (χ3n) is 4.93. The molecular weight excluding hydrogens is 352 g/mol. The zero-order chi connectivity index (χ0) is 19.3. The van der Waals surface area contributed by atoms with Gasteiger partial charge in [0.2, 0.25) is 0 Å². The van der Waals surface area contributed by atoms with Crippen LogP contribution >= 0.6 is 0 Å². The van der Waals surface area contributed by atoms with Crippen LogP contribution in [0, 0.1) is 0 Å². The van der Waals surface area contributed by atoms with E-state index in [-0.39, 0.29) is 11.5 Å². The van der Waals surface area contributed by atoms with Crippen molar-refractivity contribution >= 4 is 12.2 Å².